The van der Waals surface area contributed by atoms with Crippen molar-refractivity contribution < 1.29 is 9.84 Å². The Hall–Kier alpha value is -0.0800. The molecule has 96 valence electrons. The van der Waals surface area contributed by atoms with Crippen molar-refractivity contribution in [1.29, 1.82) is 0 Å². The van der Waals surface area contributed by atoms with Crippen LogP contribution in [-0.4, -0.2) is 22.4 Å². The lowest BCUT2D eigenvalue weighted by Crippen LogP contribution is -2.30. The van der Waals surface area contributed by atoms with Gasteiger partial charge >= 0.3 is 0 Å². The molecule has 2 nitrogen and oxygen atoms in total. The van der Waals surface area contributed by atoms with Crippen LogP contribution in [0.1, 0.15) is 60.8 Å². The van der Waals surface area contributed by atoms with Crippen LogP contribution in [0.3, 0.4) is 0 Å². The maximum absolute atomic E-state index is 9.85. The van der Waals surface area contributed by atoms with E-state index < -0.39 is 0 Å². The lowest BCUT2D eigenvalue weighted by atomic mass is 9.82. The van der Waals surface area contributed by atoms with Gasteiger partial charge in [0.15, 0.2) is 0 Å². The summed E-state index contributed by atoms with van der Waals surface area (Å²) in [6.45, 7) is 12.8. The first-order valence-corrected chi connectivity index (χ1v) is 6.52. The van der Waals surface area contributed by atoms with Crippen LogP contribution in [0.25, 0.3) is 0 Å². The predicted molar refractivity (Wildman–Crippen MR) is 67.4 cm³/mol. The van der Waals surface area contributed by atoms with Crippen LogP contribution in [0, 0.1) is 11.8 Å². The first kappa shape index (κ1) is 14.0. The molecule has 2 atom stereocenters. The maximum Gasteiger partial charge on any atom is 0.0662 e. The fraction of sp³-hybridized carbons (Fsp3) is 1.00. The van der Waals surface area contributed by atoms with E-state index in [0.29, 0.717) is 11.8 Å². The molecule has 0 aromatic rings. The summed E-state index contributed by atoms with van der Waals surface area (Å²) < 4.78 is 6.06. The number of aliphatic hydroxyl groups is 1. The van der Waals surface area contributed by atoms with E-state index in [9.17, 15) is 5.11 Å². The second-order valence-electron chi connectivity index (χ2n) is 6.75. The van der Waals surface area contributed by atoms with Crippen LogP contribution in [0.4, 0.5) is 0 Å². The molecule has 0 saturated carbocycles. The van der Waals surface area contributed by atoms with E-state index in [0.717, 1.165) is 19.3 Å². The van der Waals surface area contributed by atoms with Crippen molar-refractivity contribution in [1.82, 2.24) is 0 Å². The van der Waals surface area contributed by atoms with Gasteiger partial charge in [0.2, 0.25) is 0 Å². The monoisotopic (exact) mass is 228 g/mol. The molecular weight excluding hydrogens is 200 g/mol. The minimum absolute atomic E-state index is 0.00303. The van der Waals surface area contributed by atoms with Gasteiger partial charge in [-0.3, -0.25) is 0 Å². The normalized spacial score (nSPS) is 29.6. The zero-order chi connectivity index (χ0) is 12.6. The van der Waals surface area contributed by atoms with E-state index >= 15 is 0 Å². The molecule has 1 saturated heterocycles. The quantitative estimate of drug-likeness (QED) is 0.799. The van der Waals surface area contributed by atoms with Crippen LogP contribution in [0.2, 0.25) is 0 Å². The van der Waals surface area contributed by atoms with Crippen molar-refractivity contribution >= 4 is 0 Å². The molecule has 0 radical (unpaired) electrons. The van der Waals surface area contributed by atoms with Crippen LogP contribution in [-0.2, 0) is 4.74 Å². The van der Waals surface area contributed by atoms with Gasteiger partial charge in [-0.1, -0.05) is 13.8 Å². The van der Waals surface area contributed by atoms with Gasteiger partial charge in [-0.25, -0.2) is 0 Å². The molecule has 1 N–H and O–H groups in total. The summed E-state index contributed by atoms with van der Waals surface area (Å²) in [5.74, 6) is 0.925. The van der Waals surface area contributed by atoms with Gasteiger partial charge in [-0.15, -0.1) is 0 Å². The molecule has 1 heterocycles. The molecule has 0 bridgehead atoms. The maximum atomic E-state index is 9.85. The van der Waals surface area contributed by atoms with Crippen molar-refractivity contribution in [3.63, 3.8) is 0 Å². The number of ether oxygens (including phenoxy) is 1. The third kappa shape index (κ3) is 3.46. The molecule has 1 fully saturated rings. The minimum atomic E-state index is -0.167. The van der Waals surface area contributed by atoms with E-state index in [2.05, 4.69) is 41.5 Å². The summed E-state index contributed by atoms with van der Waals surface area (Å²) in [5.41, 5.74) is -0.0445. The highest BCUT2D eigenvalue weighted by Gasteiger charge is 2.45. The van der Waals surface area contributed by atoms with Gasteiger partial charge < -0.3 is 9.84 Å². The Kier molecular flexibility index (Phi) is 4.07. The van der Waals surface area contributed by atoms with Gasteiger partial charge in [0, 0.05) is 0 Å². The Morgan fingerprint density at radius 3 is 2.19 bits per heavy atom. The Balaban J connectivity index is 2.49. The van der Waals surface area contributed by atoms with Crippen LogP contribution in [0.5, 0.6) is 0 Å². The predicted octanol–water partition coefficient (Wildman–Crippen LogP) is 3.38. The highest BCUT2D eigenvalue weighted by Crippen LogP contribution is 2.44. The van der Waals surface area contributed by atoms with Crippen molar-refractivity contribution in [3.8, 4) is 0 Å². The Morgan fingerprint density at radius 2 is 1.81 bits per heavy atom. The van der Waals surface area contributed by atoms with E-state index in [-0.39, 0.29) is 17.3 Å². The molecule has 0 amide bonds. The van der Waals surface area contributed by atoms with Crippen LogP contribution >= 0.6 is 0 Å². The molecule has 0 aromatic carbocycles. The summed E-state index contributed by atoms with van der Waals surface area (Å²) in [6.07, 6.45) is 2.89. The summed E-state index contributed by atoms with van der Waals surface area (Å²) in [5, 5.41) is 9.85. The third-order valence-corrected chi connectivity index (χ3v) is 3.84. The first-order valence-electron chi connectivity index (χ1n) is 6.52. The van der Waals surface area contributed by atoms with E-state index in [1.807, 2.05) is 0 Å². The highest BCUT2D eigenvalue weighted by atomic mass is 16.5. The first-order chi connectivity index (χ1) is 7.14. The molecule has 0 aliphatic carbocycles. The summed E-state index contributed by atoms with van der Waals surface area (Å²) in [6, 6.07) is 0. The summed E-state index contributed by atoms with van der Waals surface area (Å²) >= 11 is 0. The molecule has 0 aromatic heterocycles. The third-order valence-electron chi connectivity index (χ3n) is 3.84. The van der Waals surface area contributed by atoms with E-state index in [1.54, 1.807) is 0 Å². The molecule has 2 unspecified atom stereocenters. The molecule has 2 heteroatoms. The molecule has 0 spiro atoms. The molecular formula is C14H28O2. The second kappa shape index (κ2) is 4.66. The number of hydrogen-bond acceptors (Lipinski definition) is 2. The number of hydrogen-bond donors (Lipinski definition) is 1. The van der Waals surface area contributed by atoms with Crippen molar-refractivity contribution in [2.24, 2.45) is 11.8 Å². The largest absolute Gasteiger partial charge is 0.393 e. The SMILES string of the molecule is CC(C)C(O)CCC1CC(C)(C)OC1(C)C. The van der Waals surface area contributed by atoms with Crippen molar-refractivity contribution in [3.05, 3.63) is 0 Å². The van der Waals surface area contributed by atoms with E-state index in [1.165, 1.54) is 0 Å². The van der Waals surface area contributed by atoms with Crippen molar-refractivity contribution in [2.75, 3.05) is 0 Å². The molecule has 1 aliphatic rings. The van der Waals surface area contributed by atoms with Crippen molar-refractivity contribution in [2.45, 2.75) is 78.1 Å². The highest BCUT2D eigenvalue weighted by molar-refractivity contribution is 4.94. The van der Waals surface area contributed by atoms with Gasteiger partial charge in [-0.2, -0.15) is 0 Å². The van der Waals surface area contributed by atoms with Gasteiger partial charge in [-0.05, 0) is 58.8 Å². The number of rotatable bonds is 4. The topological polar surface area (TPSA) is 29.5 Å². The summed E-state index contributed by atoms with van der Waals surface area (Å²) in [4.78, 5) is 0. The second-order valence-corrected chi connectivity index (χ2v) is 6.75. The zero-order valence-corrected chi connectivity index (χ0v) is 11.7. The smallest absolute Gasteiger partial charge is 0.0662 e. The number of aliphatic hydroxyl groups excluding tert-OH is 1. The minimum Gasteiger partial charge on any atom is -0.393 e. The lowest BCUT2D eigenvalue weighted by Gasteiger charge is -2.28. The van der Waals surface area contributed by atoms with Crippen LogP contribution < -0.4 is 0 Å². The average molecular weight is 228 g/mol. The molecule has 16 heavy (non-hydrogen) atoms. The Morgan fingerprint density at radius 1 is 1.25 bits per heavy atom. The Labute approximate surface area is 100 Å². The van der Waals surface area contributed by atoms with Gasteiger partial charge in [0.05, 0.1) is 17.3 Å². The fourth-order valence-electron chi connectivity index (χ4n) is 2.83. The Bertz CT molecular complexity index is 231. The molecule has 1 rings (SSSR count). The van der Waals surface area contributed by atoms with E-state index in [4.69, 9.17) is 4.74 Å². The standard InChI is InChI=1S/C14H28O2/c1-10(2)12(15)8-7-11-9-13(3,4)16-14(11,5)6/h10-12,15H,7-9H2,1-6H3. The van der Waals surface area contributed by atoms with Gasteiger partial charge in [0.25, 0.3) is 0 Å². The van der Waals surface area contributed by atoms with Crippen LogP contribution in [0.15, 0.2) is 0 Å². The molecule has 1 aliphatic heterocycles. The van der Waals surface area contributed by atoms with Gasteiger partial charge in [0.1, 0.15) is 0 Å². The summed E-state index contributed by atoms with van der Waals surface area (Å²) in [7, 11) is 0. The lowest BCUT2D eigenvalue weighted by molar-refractivity contribution is -0.0761. The zero-order valence-electron chi connectivity index (χ0n) is 11.7. The average Bonchev–Trinajstić information content (AvgIpc) is 2.29. The fourth-order valence-corrected chi connectivity index (χ4v) is 2.83.